The Bertz CT molecular complexity index is 574. The molecular weight excluding hydrogens is 350 g/mol. The van der Waals surface area contributed by atoms with E-state index in [4.69, 9.17) is 4.74 Å². The second-order valence-electron chi connectivity index (χ2n) is 5.93. The van der Waals surface area contributed by atoms with Crippen molar-refractivity contribution in [2.45, 2.75) is 25.3 Å². The van der Waals surface area contributed by atoms with Gasteiger partial charge < -0.3 is 14.7 Å². The quantitative estimate of drug-likeness (QED) is 0.887. The molecule has 1 amide bonds. The van der Waals surface area contributed by atoms with Gasteiger partial charge in [-0.05, 0) is 48.9 Å². The lowest BCUT2D eigenvalue weighted by Crippen LogP contribution is -2.45. The number of nitrogens with zero attached hydrogens (tertiary/aromatic N) is 1. The molecule has 5 nitrogen and oxygen atoms in total. The Morgan fingerprint density at radius 1 is 1.27 bits per heavy atom. The maximum atomic E-state index is 12.4. The molecule has 22 heavy (non-hydrogen) atoms. The molecule has 3 unspecified atom stereocenters. The molecule has 0 radical (unpaired) electrons. The Morgan fingerprint density at radius 2 is 2.00 bits per heavy atom. The van der Waals surface area contributed by atoms with Crippen LogP contribution in [0.2, 0.25) is 0 Å². The van der Waals surface area contributed by atoms with Gasteiger partial charge in [-0.3, -0.25) is 4.79 Å². The first-order valence-corrected chi connectivity index (χ1v) is 8.26. The minimum atomic E-state index is -0.897. The van der Waals surface area contributed by atoms with Crippen LogP contribution in [0.4, 0.5) is 0 Å². The average molecular weight is 368 g/mol. The molecule has 0 aromatic heterocycles. The Balaban J connectivity index is 1.64. The summed E-state index contributed by atoms with van der Waals surface area (Å²) in [5.74, 6) is -0.106. The number of carbonyl (C=O) groups is 2. The number of amides is 1. The van der Waals surface area contributed by atoms with Gasteiger partial charge in [0.05, 0.1) is 0 Å². The van der Waals surface area contributed by atoms with Gasteiger partial charge in [-0.15, -0.1) is 0 Å². The second-order valence-corrected chi connectivity index (χ2v) is 6.84. The number of aliphatic carboxylic acids is 1. The molecule has 6 heteroatoms. The molecule has 3 atom stereocenters. The normalized spacial score (nSPS) is 26.8. The molecule has 118 valence electrons. The van der Waals surface area contributed by atoms with Gasteiger partial charge in [0.15, 0.2) is 6.61 Å². The van der Waals surface area contributed by atoms with E-state index in [1.54, 1.807) is 12.1 Å². The summed E-state index contributed by atoms with van der Waals surface area (Å²) in [6.45, 7) is 0.426. The van der Waals surface area contributed by atoms with Crippen LogP contribution >= 0.6 is 15.9 Å². The van der Waals surface area contributed by atoms with Crippen molar-refractivity contribution in [3.8, 4) is 5.75 Å². The van der Waals surface area contributed by atoms with E-state index in [0.717, 1.165) is 23.7 Å². The number of hydrogen-bond acceptors (Lipinski definition) is 3. The fourth-order valence-corrected chi connectivity index (χ4v) is 3.90. The molecule has 2 aliphatic rings. The number of halogens is 1. The smallest absolute Gasteiger partial charge is 0.326 e. The summed E-state index contributed by atoms with van der Waals surface area (Å²) >= 11 is 3.33. The summed E-state index contributed by atoms with van der Waals surface area (Å²) in [5, 5.41) is 9.46. The first-order chi connectivity index (χ1) is 10.6. The van der Waals surface area contributed by atoms with Gasteiger partial charge in [0.25, 0.3) is 5.91 Å². The maximum Gasteiger partial charge on any atom is 0.326 e. The summed E-state index contributed by atoms with van der Waals surface area (Å²) in [7, 11) is 0. The topological polar surface area (TPSA) is 66.8 Å². The number of carboxylic acid groups (broad SMARTS) is 1. The Hall–Kier alpha value is -1.56. The van der Waals surface area contributed by atoms with E-state index >= 15 is 0 Å². The van der Waals surface area contributed by atoms with Gasteiger partial charge in [-0.1, -0.05) is 22.4 Å². The highest BCUT2D eigenvalue weighted by molar-refractivity contribution is 9.10. The van der Waals surface area contributed by atoms with E-state index in [1.165, 1.54) is 4.90 Å². The zero-order valence-electron chi connectivity index (χ0n) is 12.1. The highest BCUT2D eigenvalue weighted by Gasteiger charge is 2.49. The van der Waals surface area contributed by atoms with Crippen LogP contribution in [0.15, 0.2) is 28.7 Å². The highest BCUT2D eigenvalue weighted by atomic mass is 79.9. The van der Waals surface area contributed by atoms with Crippen LogP contribution in [-0.4, -0.2) is 41.1 Å². The second kappa shape index (κ2) is 6.28. The summed E-state index contributed by atoms with van der Waals surface area (Å²) in [5.41, 5.74) is 0. The molecule has 0 bridgehead atoms. The Kier molecular flexibility index (Phi) is 4.38. The first kappa shape index (κ1) is 15.3. The van der Waals surface area contributed by atoms with Gasteiger partial charge in [0.2, 0.25) is 0 Å². The highest BCUT2D eigenvalue weighted by Crippen LogP contribution is 2.42. The van der Waals surface area contributed by atoms with Crippen LogP contribution in [0.25, 0.3) is 0 Å². The molecule has 3 rings (SSSR count). The predicted molar refractivity (Wildman–Crippen MR) is 83.6 cm³/mol. The molecule has 1 aromatic carbocycles. The van der Waals surface area contributed by atoms with Crippen molar-refractivity contribution in [3.63, 3.8) is 0 Å². The van der Waals surface area contributed by atoms with Crippen LogP contribution in [-0.2, 0) is 9.59 Å². The van der Waals surface area contributed by atoms with Crippen LogP contribution in [0.1, 0.15) is 19.3 Å². The number of rotatable bonds is 4. The van der Waals surface area contributed by atoms with Crippen molar-refractivity contribution in [1.29, 1.82) is 0 Å². The maximum absolute atomic E-state index is 12.4. The largest absolute Gasteiger partial charge is 0.484 e. The van der Waals surface area contributed by atoms with E-state index in [0.29, 0.717) is 18.2 Å². The van der Waals surface area contributed by atoms with Gasteiger partial charge in [-0.2, -0.15) is 0 Å². The third-order valence-electron chi connectivity index (χ3n) is 4.64. The molecule has 1 aliphatic heterocycles. The number of fused-ring (bicyclic) bond motifs is 1. The monoisotopic (exact) mass is 367 g/mol. The third-order valence-corrected chi connectivity index (χ3v) is 5.17. The number of ether oxygens (including phenoxy) is 1. The molecule has 1 N–H and O–H groups in total. The van der Waals surface area contributed by atoms with Crippen molar-refractivity contribution < 1.29 is 19.4 Å². The van der Waals surface area contributed by atoms with Crippen LogP contribution in [0, 0.1) is 11.8 Å². The fraction of sp³-hybridized carbons (Fsp3) is 0.500. The molecule has 2 fully saturated rings. The summed E-state index contributed by atoms with van der Waals surface area (Å²) in [6, 6.07) is 6.52. The van der Waals surface area contributed by atoms with E-state index in [1.807, 2.05) is 12.1 Å². The minimum absolute atomic E-state index is 0.106. The lowest BCUT2D eigenvalue weighted by Gasteiger charge is -2.24. The standard InChI is InChI=1S/C16H18BrNO4/c17-11-4-6-12(7-5-11)22-9-14(19)18-8-10-2-1-3-13(10)15(18)16(20)21/h4-7,10,13,15H,1-3,8-9H2,(H,20,21). The zero-order valence-corrected chi connectivity index (χ0v) is 13.7. The predicted octanol–water partition coefficient (Wildman–Crippen LogP) is 2.54. The van der Waals surface area contributed by atoms with Gasteiger partial charge >= 0.3 is 5.97 Å². The molecular formula is C16H18BrNO4. The van der Waals surface area contributed by atoms with Crippen LogP contribution in [0.5, 0.6) is 5.75 Å². The van der Waals surface area contributed by atoms with Crippen molar-refractivity contribution in [3.05, 3.63) is 28.7 Å². The first-order valence-electron chi connectivity index (χ1n) is 7.47. The molecule has 1 saturated heterocycles. The lowest BCUT2D eigenvalue weighted by molar-refractivity contribution is -0.150. The average Bonchev–Trinajstić information content (AvgIpc) is 3.06. The summed E-state index contributed by atoms with van der Waals surface area (Å²) in [4.78, 5) is 25.4. The van der Waals surface area contributed by atoms with Crippen molar-refractivity contribution >= 4 is 27.8 Å². The summed E-state index contributed by atoms with van der Waals surface area (Å²) in [6.07, 6.45) is 2.99. The number of carbonyl (C=O) groups excluding carboxylic acids is 1. The van der Waals surface area contributed by atoms with E-state index in [9.17, 15) is 14.7 Å². The lowest BCUT2D eigenvalue weighted by atomic mass is 9.94. The zero-order chi connectivity index (χ0) is 15.7. The van der Waals surface area contributed by atoms with Gasteiger partial charge in [-0.25, -0.2) is 4.79 Å². The van der Waals surface area contributed by atoms with Crippen LogP contribution in [0.3, 0.4) is 0 Å². The van der Waals surface area contributed by atoms with Crippen molar-refractivity contribution in [1.82, 2.24) is 4.90 Å². The van der Waals surface area contributed by atoms with E-state index in [-0.39, 0.29) is 18.4 Å². The third kappa shape index (κ3) is 2.97. The Labute approximate surface area is 137 Å². The number of hydrogen-bond donors (Lipinski definition) is 1. The van der Waals surface area contributed by atoms with Gasteiger partial charge in [0, 0.05) is 11.0 Å². The van der Waals surface area contributed by atoms with Crippen LogP contribution < -0.4 is 4.74 Å². The number of benzene rings is 1. The van der Waals surface area contributed by atoms with E-state index < -0.39 is 12.0 Å². The minimum Gasteiger partial charge on any atom is -0.484 e. The molecule has 1 aromatic rings. The SMILES string of the molecule is O=C(O)C1C2CCCC2CN1C(=O)COc1ccc(Br)cc1. The van der Waals surface area contributed by atoms with Crippen molar-refractivity contribution in [2.75, 3.05) is 13.2 Å². The molecule has 0 spiro atoms. The van der Waals surface area contributed by atoms with E-state index in [2.05, 4.69) is 15.9 Å². The Morgan fingerprint density at radius 3 is 2.68 bits per heavy atom. The number of likely N-dealkylation sites (tertiary alicyclic amines) is 1. The fourth-order valence-electron chi connectivity index (χ4n) is 3.64. The molecule has 1 heterocycles. The number of carboxylic acids is 1. The van der Waals surface area contributed by atoms with Gasteiger partial charge in [0.1, 0.15) is 11.8 Å². The van der Waals surface area contributed by atoms with Crippen molar-refractivity contribution in [2.24, 2.45) is 11.8 Å². The molecule has 1 aliphatic carbocycles. The molecule has 1 saturated carbocycles. The summed E-state index contributed by atoms with van der Waals surface area (Å²) < 4.78 is 6.42.